The lowest BCUT2D eigenvalue weighted by Crippen LogP contribution is -2.54. The lowest BCUT2D eigenvalue weighted by atomic mass is 9.93. The number of hydrogen-bond donors (Lipinski definition) is 0. The minimum absolute atomic E-state index is 0.111. The van der Waals surface area contributed by atoms with Crippen LogP contribution < -0.4 is 0 Å². The molecule has 6 nitrogen and oxygen atoms in total. The van der Waals surface area contributed by atoms with Gasteiger partial charge in [0.1, 0.15) is 25.1 Å². The second-order valence-corrected chi connectivity index (χ2v) is 5.54. The second kappa shape index (κ2) is 5.44. The first-order chi connectivity index (χ1) is 9.31. The molecular weight excluding hydrogens is 264 g/mol. The average Bonchev–Trinajstić information content (AvgIpc) is 2.81. The Labute approximate surface area is 119 Å². The van der Waals surface area contributed by atoms with Crippen molar-refractivity contribution < 1.29 is 28.5 Å². The Morgan fingerprint density at radius 1 is 1.40 bits per heavy atom. The van der Waals surface area contributed by atoms with E-state index in [1.54, 1.807) is 6.08 Å². The van der Waals surface area contributed by atoms with Crippen LogP contribution in [0.5, 0.6) is 0 Å². The predicted octanol–water partition coefficient (Wildman–Crippen LogP) is 1.39. The number of carbonyl (C=O) groups excluding carboxylic acids is 1. The van der Waals surface area contributed by atoms with Gasteiger partial charge in [-0.15, -0.1) is 0 Å². The maximum absolute atomic E-state index is 11.5. The summed E-state index contributed by atoms with van der Waals surface area (Å²) < 4.78 is 27.7. The third-order valence-electron chi connectivity index (χ3n) is 3.51. The van der Waals surface area contributed by atoms with E-state index >= 15 is 0 Å². The largest absolute Gasteiger partial charge is 0.449 e. The van der Waals surface area contributed by atoms with Gasteiger partial charge in [0.2, 0.25) is 0 Å². The number of carbonyl (C=O) groups is 1. The molecule has 1 aliphatic heterocycles. The summed E-state index contributed by atoms with van der Waals surface area (Å²) >= 11 is 0. The quantitative estimate of drug-likeness (QED) is 0.432. The van der Waals surface area contributed by atoms with E-state index in [1.165, 1.54) is 14.0 Å². The topological polar surface area (TPSA) is 63.2 Å². The zero-order valence-electron chi connectivity index (χ0n) is 12.5. The summed E-state index contributed by atoms with van der Waals surface area (Å²) in [6, 6.07) is 0. The fourth-order valence-corrected chi connectivity index (χ4v) is 2.71. The number of fused-ring (bicyclic) bond motifs is 1. The molecule has 114 valence electrons. The van der Waals surface area contributed by atoms with Crippen molar-refractivity contribution in [1.29, 1.82) is 0 Å². The SMILES string of the molecule is COCO[C@@H](C)[C@@]1(OC(C)=O)C=C[C@@H]2OC(C)(C)O[C@@H]21. The minimum Gasteiger partial charge on any atom is -0.449 e. The number of rotatable bonds is 5. The summed E-state index contributed by atoms with van der Waals surface area (Å²) in [4.78, 5) is 11.5. The van der Waals surface area contributed by atoms with Crippen molar-refractivity contribution in [1.82, 2.24) is 0 Å². The molecule has 2 aliphatic rings. The van der Waals surface area contributed by atoms with Crippen LogP contribution in [0.3, 0.4) is 0 Å². The van der Waals surface area contributed by atoms with Gasteiger partial charge in [0, 0.05) is 14.0 Å². The van der Waals surface area contributed by atoms with Gasteiger partial charge in [-0.2, -0.15) is 0 Å². The molecule has 2 rings (SSSR count). The fraction of sp³-hybridized carbons (Fsp3) is 0.786. The lowest BCUT2D eigenvalue weighted by Gasteiger charge is -2.37. The van der Waals surface area contributed by atoms with Gasteiger partial charge in [-0.05, 0) is 26.8 Å². The summed E-state index contributed by atoms with van der Waals surface area (Å²) in [5, 5.41) is 0. The standard InChI is InChI=1S/C14H22O6/c1-9(17-8-16-5)14(18-10(2)15)7-6-11-12(14)20-13(3,4)19-11/h6-7,9,11-12H,8H2,1-5H3/t9-,11-,12-,14-/m0/s1. The first-order valence-corrected chi connectivity index (χ1v) is 6.66. The molecule has 1 saturated heterocycles. The van der Waals surface area contributed by atoms with E-state index < -0.39 is 29.6 Å². The monoisotopic (exact) mass is 286 g/mol. The summed E-state index contributed by atoms with van der Waals surface area (Å²) in [5.41, 5.74) is -0.997. The van der Waals surface area contributed by atoms with Crippen molar-refractivity contribution in [3.05, 3.63) is 12.2 Å². The van der Waals surface area contributed by atoms with Gasteiger partial charge in [-0.3, -0.25) is 4.79 Å². The van der Waals surface area contributed by atoms with E-state index in [4.69, 9.17) is 23.7 Å². The van der Waals surface area contributed by atoms with Crippen molar-refractivity contribution in [3.8, 4) is 0 Å². The number of esters is 1. The third-order valence-corrected chi connectivity index (χ3v) is 3.51. The van der Waals surface area contributed by atoms with Crippen molar-refractivity contribution in [2.75, 3.05) is 13.9 Å². The maximum Gasteiger partial charge on any atom is 0.303 e. The molecule has 0 bridgehead atoms. The molecule has 0 aromatic rings. The minimum atomic E-state index is -0.997. The predicted molar refractivity (Wildman–Crippen MR) is 69.9 cm³/mol. The van der Waals surface area contributed by atoms with Gasteiger partial charge in [0.25, 0.3) is 0 Å². The Morgan fingerprint density at radius 3 is 2.70 bits per heavy atom. The highest BCUT2D eigenvalue weighted by molar-refractivity contribution is 5.67. The summed E-state index contributed by atoms with van der Waals surface area (Å²) in [7, 11) is 1.54. The Balaban J connectivity index is 2.24. The van der Waals surface area contributed by atoms with Crippen LogP contribution in [-0.2, 0) is 28.5 Å². The maximum atomic E-state index is 11.5. The Kier molecular flexibility index (Phi) is 4.20. The van der Waals surface area contributed by atoms with E-state index in [-0.39, 0.29) is 12.9 Å². The van der Waals surface area contributed by atoms with Crippen LogP contribution in [0.2, 0.25) is 0 Å². The summed E-state index contributed by atoms with van der Waals surface area (Å²) in [6.07, 6.45) is 2.55. The van der Waals surface area contributed by atoms with Crippen molar-refractivity contribution in [2.24, 2.45) is 0 Å². The summed E-state index contributed by atoms with van der Waals surface area (Å²) in [6.45, 7) is 6.96. The molecule has 20 heavy (non-hydrogen) atoms. The van der Waals surface area contributed by atoms with Gasteiger partial charge in [0.15, 0.2) is 11.4 Å². The van der Waals surface area contributed by atoms with Crippen LogP contribution in [0.15, 0.2) is 12.2 Å². The molecule has 0 aromatic carbocycles. The lowest BCUT2D eigenvalue weighted by molar-refractivity contribution is -0.212. The molecule has 1 aliphatic carbocycles. The molecule has 1 fully saturated rings. The Bertz CT molecular complexity index is 404. The zero-order chi connectivity index (χ0) is 15.0. The van der Waals surface area contributed by atoms with Crippen LogP contribution >= 0.6 is 0 Å². The molecule has 0 saturated carbocycles. The van der Waals surface area contributed by atoms with Crippen LogP contribution in [0.4, 0.5) is 0 Å². The van der Waals surface area contributed by atoms with Gasteiger partial charge in [-0.1, -0.05) is 6.08 Å². The highest BCUT2D eigenvalue weighted by Gasteiger charge is 2.59. The van der Waals surface area contributed by atoms with E-state index in [2.05, 4.69) is 0 Å². The highest BCUT2D eigenvalue weighted by atomic mass is 16.8. The third kappa shape index (κ3) is 2.74. The molecule has 4 atom stereocenters. The molecule has 0 unspecified atom stereocenters. The molecule has 0 radical (unpaired) electrons. The van der Waals surface area contributed by atoms with Crippen molar-refractivity contribution in [3.63, 3.8) is 0 Å². The molecule has 0 amide bonds. The zero-order valence-corrected chi connectivity index (χ0v) is 12.5. The van der Waals surface area contributed by atoms with E-state index in [9.17, 15) is 4.79 Å². The molecule has 6 heteroatoms. The number of hydrogen-bond acceptors (Lipinski definition) is 6. The molecule has 0 N–H and O–H groups in total. The summed E-state index contributed by atoms with van der Waals surface area (Å²) in [5.74, 6) is -1.11. The molecular formula is C14H22O6. The highest BCUT2D eigenvalue weighted by Crippen LogP contribution is 2.44. The van der Waals surface area contributed by atoms with Crippen LogP contribution in [-0.4, -0.2) is 49.6 Å². The van der Waals surface area contributed by atoms with Crippen molar-refractivity contribution in [2.45, 2.75) is 57.4 Å². The van der Waals surface area contributed by atoms with Crippen molar-refractivity contribution >= 4 is 5.97 Å². The van der Waals surface area contributed by atoms with Crippen LogP contribution in [0, 0.1) is 0 Å². The normalized spacial score (nSPS) is 35.9. The molecule has 1 heterocycles. The number of methoxy groups -OCH3 is 1. The number of ether oxygens (including phenoxy) is 5. The van der Waals surface area contributed by atoms with Gasteiger partial charge in [0.05, 0.1) is 0 Å². The molecule has 0 aromatic heterocycles. The second-order valence-electron chi connectivity index (χ2n) is 5.54. The first kappa shape index (κ1) is 15.4. The van der Waals surface area contributed by atoms with Gasteiger partial charge >= 0.3 is 5.97 Å². The van der Waals surface area contributed by atoms with E-state index in [1.807, 2.05) is 26.8 Å². The molecule has 0 spiro atoms. The smallest absolute Gasteiger partial charge is 0.303 e. The van der Waals surface area contributed by atoms with E-state index in [0.717, 1.165) is 0 Å². The van der Waals surface area contributed by atoms with Gasteiger partial charge < -0.3 is 23.7 Å². The van der Waals surface area contributed by atoms with Crippen LogP contribution in [0.1, 0.15) is 27.7 Å². The van der Waals surface area contributed by atoms with Crippen LogP contribution in [0.25, 0.3) is 0 Å². The average molecular weight is 286 g/mol. The fourth-order valence-electron chi connectivity index (χ4n) is 2.71. The Hall–Kier alpha value is -0.950. The Morgan fingerprint density at radius 2 is 2.10 bits per heavy atom. The first-order valence-electron chi connectivity index (χ1n) is 6.66. The van der Waals surface area contributed by atoms with Gasteiger partial charge in [-0.25, -0.2) is 0 Å². The van der Waals surface area contributed by atoms with E-state index in [0.29, 0.717) is 0 Å².